The van der Waals surface area contributed by atoms with Crippen molar-refractivity contribution in [2.45, 2.75) is 19.4 Å². The molecule has 0 aliphatic rings. The molecule has 2 amide bonds. The summed E-state index contributed by atoms with van der Waals surface area (Å²) in [6.07, 6.45) is 0. The maximum atomic E-state index is 11.6. The SMILES string of the molecule is CC(C)(NC(=O)c1ccc(C(=O)O)o1)C(N)=O. The summed E-state index contributed by atoms with van der Waals surface area (Å²) in [5.41, 5.74) is 3.83. The first-order chi connectivity index (χ1) is 7.74. The molecule has 0 unspecified atom stereocenters. The Balaban J connectivity index is 2.83. The molecule has 92 valence electrons. The van der Waals surface area contributed by atoms with Gasteiger partial charge < -0.3 is 20.6 Å². The third kappa shape index (κ3) is 2.83. The molecule has 0 spiro atoms. The normalized spacial score (nSPS) is 10.9. The van der Waals surface area contributed by atoms with Crippen LogP contribution in [0.1, 0.15) is 35.0 Å². The quantitative estimate of drug-likeness (QED) is 0.682. The fourth-order valence-electron chi connectivity index (χ4n) is 0.982. The Bertz CT molecular complexity index is 475. The predicted molar refractivity (Wildman–Crippen MR) is 56.4 cm³/mol. The predicted octanol–water partition coefficient (Wildman–Crippen LogP) is -0.0285. The van der Waals surface area contributed by atoms with Crippen LogP contribution in [0.25, 0.3) is 0 Å². The van der Waals surface area contributed by atoms with Crippen molar-refractivity contribution in [3.8, 4) is 0 Å². The summed E-state index contributed by atoms with van der Waals surface area (Å²) in [6, 6.07) is 2.35. The molecule has 0 fully saturated rings. The van der Waals surface area contributed by atoms with Crippen molar-refractivity contribution >= 4 is 17.8 Å². The molecule has 1 heterocycles. The Morgan fingerprint density at radius 3 is 2.24 bits per heavy atom. The summed E-state index contributed by atoms with van der Waals surface area (Å²) in [4.78, 5) is 33.1. The molecule has 0 aromatic carbocycles. The minimum atomic E-state index is -1.28. The fourth-order valence-corrected chi connectivity index (χ4v) is 0.982. The van der Waals surface area contributed by atoms with E-state index in [2.05, 4.69) is 5.32 Å². The monoisotopic (exact) mass is 240 g/mol. The van der Waals surface area contributed by atoms with Crippen molar-refractivity contribution < 1.29 is 23.9 Å². The van der Waals surface area contributed by atoms with E-state index in [1.54, 1.807) is 0 Å². The van der Waals surface area contributed by atoms with E-state index in [1.165, 1.54) is 19.9 Å². The highest BCUT2D eigenvalue weighted by Crippen LogP contribution is 2.10. The van der Waals surface area contributed by atoms with E-state index < -0.39 is 23.3 Å². The number of carboxylic acids is 1. The van der Waals surface area contributed by atoms with Gasteiger partial charge in [-0.1, -0.05) is 0 Å². The first-order valence-electron chi connectivity index (χ1n) is 4.69. The van der Waals surface area contributed by atoms with E-state index >= 15 is 0 Å². The van der Waals surface area contributed by atoms with Crippen molar-refractivity contribution in [1.29, 1.82) is 0 Å². The van der Waals surface area contributed by atoms with Gasteiger partial charge in [-0.15, -0.1) is 0 Å². The second kappa shape index (κ2) is 4.28. The van der Waals surface area contributed by atoms with Crippen LogP contribution >= 0.6 is 0 Å². The van der Waals surface area contributed by atoms with Gasteiger partial charge in [0.2, 0.25) is 11.7 Å². The maximum Gasteiger partial charge on any atom is 0.371 e. The zero-order valence-electron chi connectivity index (χ0n) is 9.31. The van der Waals surface area contributed by atoms with Gasteiger partial charge in [-0.3, -0.25) is 9.59 Å². The standard InChI is InChI=1S/C10H12N2O5/c1-10(2,9(11)16)12-7(13)5-3-4-6(17-5)8(14)15/h3-4H,1-2H3,(H2,11,16)(H,12,13)(H,14,15). The average molecular weight is 240 g/mol. The third-order valence-corrected chi connectivity index (χ3v) is 2.08. The second-order valence-corrected chi connectivity index (χ2v) is 3.91. The Labute approximate surface area is 96.6 Å². The first-order valence-corrected chi connectivity index (χ1v) is 4.69. The molecular weight excluding hydrogens is 228 g/mol. The van der Waals surface area contributed by atoms with Crippen molar-refractivity contribution in [3.05, 3.63) is 23.7 Å². The number of hydrogen-bond acceptors (Lipinski definition) is 4. The fraction of sp³-hybridized carbons (Fsp3) is 0.300. The lowest BCUT2D eigenvalue weighted by molar-refractivity contribution is -0.122. The van der Waals surface area contributed by atoms with E-state index in [4.69, 9.17) is 15.3 Å². The zero-order chi connectivity index (χ0) is 13.2. The maximum absolute atomic E-state index is 11.6. The van der Waals surface area contributed by atoms with E-state index in [0.29, 0.717) is 0 Å². The van der Waals surface area contributed by atoms with Crippen LogP contribution in [0.2, 0.25) is 0 Å². The number of primary amides is 1. The summed E-state index contributed by atoms with van der Waals surface area (Å²) in [6.45, 7) is 2.85. The average Bonchev–Trinajstić information content (AvgIpc) is 2.65. The number of carbonyl (C=O) groups is 3. The molecule has 7 heteroatoms. The molecule has 0 atom stereocenters. The van der Waals surface area contributed by atoms with Crippen LogP contribution in [0.3, 0.4) is 0 Å². The number of carboxylic acid groups (broad SMARTS) is 1. The molecule has 17 heavy (non-hydrogen) atoms. The lowest BCUT2D eigenvalue weighted by atomic mass is 10.1. The first kappa shape index (κ1) is 12.8. The topological polar surface area (TPSA) is 123 Å². The Morgan fingerprint density at radius 2 is 1.82 bits per heavy atom. The summed E-state index contributed by atoms with van der Waals surface area (Å²) >= 11 is 0. The molecule has 0 saturated carbocycles. The lowest BCUT2D eigenvalue weighted by Crippen LogP contribution is -2.52. The number of aromatic carboxylic acids is 1. The molecule has 1 aromatic rings. The number of hydrogen-bond donors (Lipinski definition) is 3. The molecule has 1 aromatic heterocycles. The van der Waals surface area contributed by atoms with E-state index in [-0.39, 0.29) is 11.5 Å². The molecule has 7 nitrogen and oxygen atoms in total. The summed E-state index contributed by atoms with van der Waals surface area (Å²) < 4.78 is 4.77. The van der Waals surface area contributed by atoms with Crippen LogP contribution < -0.4 is 11.1 Å². The number of amides is 2. The van der Waals surface area contributed by atoms with Crippen LogP contribution in [0.5, 0.6) is 0 Å². The molecule has 0 aliphatic heterocycles. The number of nitrogens with one attached hydrogen (secondary N) is 1. The number of furan rings is 1. The van der Waals surface area contributed by atoms with Gasteiger partial charge in [0.1, 0.15) is 5.54 Å². The molecule has 1 rings (SSSR count). The zero-order valence-corrected chi connectivity index (χ0v) is 9.31. The second-order valence-electron chi connectivity index (χ2n) is 3.91. The van der Waals surface area contributed by atoms with Crippen molar-refractivity contribution in [2.75, 3.05) is 0 Å². The minimum absolute atomic E-state index is 0.197. The van der Waals surface area contributed by atoms with Gasteiger partial charge in [0.15, 0.2) is 5.76 Å². The largest absolute Gasteiger partial charge is 0.475 e. The van der Waals surface area contributed by atoms with Crippen LogP contribution in [0.15, 0.2) is 16.5 Å². The number of nitrogens with two attached hydrogens (primary N) is 1. The number of rotatable bonds is 4. The van der Waals surface area contributed by atoms with Crippen LogP contribution in [-0.4, -0.2) is 28.4 Å². The summed E-state index contributed by atoms with van der Waals surface area (Å²) in [7, 11) is 0. The highest BCUT2D eigenvalue weighted by Gasteiger charge is 2.28. The van der Waals surface area contributed by atoms with E-state index in [9.17, 15) is 14.4 Å². The van der Waals surface area contributed by atoms with Gasteiger partial charge in [0.25, 0.3) is 5.91 Å². The van der Waals surface area contributed by atoms with Gasteiger partial charge in [0, 0.05) is 0 Å². The Kier molecular flexibility index (Phi) is 3.21. The van der Waals surface area contributed by atoms with Gasteiger partial charge in [-0.05, 0) is 26.0 Å². The van der Waals surface area contributed by atoms with Gasteiger partial charge in [-0.25, -0.2) is 4.79 Å². The highest BCUT2D eigenvalue weighted by atomic mass is 16.4. The van der Waals surface area contributed by atoms with Gasteiger partial charge in [-0.2, -0.15) is 0 Å². The van der Waals surface area contributed by atoms with Crippen LogP contribution in [0.4, 0.5) is 0 Å². The van der Waals surface area contributed by atoms with Crippen LogP contribution in [0, 0.1) is 0 Å². The highest BCUT2D eigenvalue weighted by molar-refractivity contribution is 5.97. The van der Waals surface area contributed by atoms with Crippen molar-refractivity contribution in [3.63, 3.8) is 0 Å². The molecule has 4 N–H and O–H groups in total. The molecular formula is C10H12N2O5. The number of carbonyl (C=O) groups excluding carboxylic acids is 2. The third-order valence-electron chi connectivity index (χ3n) is 2.08. The summed E-state index contributed by atoms with van der Waals surface area (Å²) in [5, 5.41) is 10.9. The van der Waals surface area contributed by atoms with E-state index in [0.717, 1.165) is 6.07 Å². The smallest absolute Gasteiger partial charge is 0.371 e. The molecule has 0 bridgehead atoms. The molecule has 0 radical (unpaired) electrons. The molecule has 0 aliphatic carbocycles. The van der Waals surface area contributed by atoms with E-state index in [1.807, 2.05) is 0 Å². The van der Waals surface area contributed by atoms with Crippen molar-refractivity contribution in [2.24, 2.45) is 5.73 Å². The molecule has 0 saturated heterocycles. The van der Waals surface area contributed by atoms with Gasteiger partial charge >= 0.3 is 5.97 Å². The summed E-state index contributed by atoms with van der Waals surface area (Å²) in [5.74, 6) is -3.25. The van der Waals surface area contributed by atoms with Crippen LogP contribution in [-0.2, 0) is 4.79 Å². The minimum Gasteiger partial charge on any atom is -0.475 e. The Morgan fingerprint density at radius 1 is 1.29 bits per heavy atom. The van der Waals surface area contributed by atoms with Gasteiger partial charge in [0.05, 0.1) is 0 Å². The Hall–Kier alpha value is -2.31. The lowest BCUT2D eigenvalue weighted by Gasteiger charge is -2.21. The van der Waals surface area contributed by atoms with Crippen molar-refractivity contribution in [1.82, 2.24) is 5.32 Å².